The SMILES string of the molecule is CN=C(NCC1(c2ccccc2OC)CC1)NC(C)c1ccccc1. The molecule has 3 rings (SSSR count). The Labute approximate surface area is 150 Å². The molecular formula is C21H27N3O. The Morgan fingerprint density at radius 2 is 1.80 bits per heavy atom. The number of guanidine groups is 1. The minimum Gasteiger partial charge on any atom is -0.496 e. The Morgan fingerprint density at radius 1 is 1.12 bits per heavy atom. The molecule has 0 saturated heterocycles. The molecule has 0 aromatic heterocycles. The molecule has 0 radical (unpaired) electrons. The van der Waals surface area contributed by atoms with Crippen molar-refractivity contribution in [2.75, 3.05) is 20.7 Å². The van der Waals surface area contributed by atoms with E-state index < -0.39 is 0 Å². The molecular weight excluding hydrogens is 310 g/mol. The van der Waals surface area contributed by atoms with Crippen molar-refractivity contribution in [2.24, 2.45) is 4.99 Å². The second-order valence-electron chi connectivity index (χ2n) is 6.68. The molecule has 1 unspecified atom stereocenters. The topological polar surface area (TPSA) is 45.7 Å². The van der Waals surface area contributed by atoms with Crippen LogP contribution in [0, 0.1) is 0 Å². The van der Waals surface area contributed by atoms with Crippen LogP contribution >= 0.6 is 0 Å². The van der Waals surface area contributed by atoms with Crippen LogP contribution in [0.2, 0.25) is 0 Å². The van der Waals surface area contributed by atoms with Gasteiger partial charge in [0.2, 0.25) is 0 Å². The molecule has 0 spiro atoms. The molecule has 1 atom stereocenters. The lowest BCUT2D eigenvalue weighted by Gasteiger charge is -2.23. The molecule has 0 aliphatic heterocycles. The van der Waals surface area contributed by atoms with E-state index in [9.17, 15) is 0 Å². The minimum absolute atomic E-state index is 0.153. The van der Waals surface area contributed by atoms with Crippen LogP contribution < -0.4 is 15.4 Å². The maximum absolute atomic E-state index is 5.55. The lowest BCUT2D eigenvalue weighted by Crippen LogP contribution is -2.42. The monoisotopic (exact) mass is 337 g/mol. The van der Waals surface area contributed by atoms with Gasteiger partial charge in [0.1, 0.15) is 5.75 Å². The molecule has 1 saturated carbocycles. The quantitative estimate of drug-likeness (QED) is 0.625. The van der Waals surface area contributed by atoms with Crippen molar-refractivity contribution in [3.05, 3.63) is 65.7 Å². The summed E-state index contributed by atoms with van der Waals surface area (Å²) in [6, 6.07) is 18.9. The van der Waals surface area contributed by atoms with Crippen LogP contribution in [0.5, 0.6) is 5.75 Å². The second kappa shape index (κ2) is 7.60. The van der Waals surface area contributed by atoms with E-state index in [2.05, 4.69) is 58.9 Å². The predicted molar refractivity (Wildman–Crippen MR) is 103 cm³/mol. The lowest BCUT2D eigenvalue weighted by molar-refractivity contribution is 0.403. The van der Waals surface area contributed by atoms with Crippen LogP contribution in [0.15, 0.2) is 59.6 Å². The summed E-state index contributed by atoms with van der Waals surface area (Å²) in [4.78, 5) is 4.38. The van der Waals surface area contributed by atoms with Crippen molar-refractivity contribution in [1.82, 2.24) is 10.6 Å². The van der Waals surface area contributed by atoms with E-state index in [1.54, 1.807) is 7.11 Å². The van der Waals surface area contributed by atoms with E-state index >= 15 is 0 Å². The fourth-order valence-electron chi connectivity index (χ4n) is 3.25. The smallest absolute Gasteiger partial charge is 0.191 e. The van der Waals surface area contributed by atoms with Gasteiger partial charge in [-0.1, -0.05) is 48.5 Å². The summed E-state index contributed by atoms with van der Waals surface area (Å²) in [5.74, 6) is 1.81. The molecule has 1 aliphatic carbocycles. The minimum atomic E-state index is 0.153. The number of nitrogens with one attached hydrogen (secondary N) is 2. The molecule has 1 fully saturated rings. The number of nitrogens with zero attached hydrogens (tertiary/aromatic N) is 1. The van der Waals surface area contributed by atoms with E-state index in [0.717, 1.165) is 18.3 Å². The molecule has 4 nitrogen and oxygen atoms in total. The number of methoxy groups -OCH3 is 1. The summed E-state index contributed by atoms with van der Waals surface area (Å²) in [6.45, 7) is 3.00. The largest absolute Gasteiger partial charge is 0.496 e. The number of para-hydroxylation sites is 1. The Bertz CT molecular complexity index is 723. The summed E-state index contributed by atoms with van der Waals surface area (Å²) in [5, 5.41) is 6.98. The van der Waals surface area contributed by atoms with Crippen molar-refractivity contribution >= 4 is 5.96 Å². The van der Waals surface area contributed by atoms with Gasteiger partial charge in [-0.25, -0.2) is 0 Å². The van der Waals surface area contributed by atoms with Crippen molar-refractivity contribution in [3.8, 4) is 5.75 Å². The van der Waals surface area contributed by atoms with Crippen LogP contribution in [-0.2, 0) is 5.41 Å². The molecule has 1 aliphatic rings. The van der Waals surface area contributed by atoms with Crippen molar-refractivity contribution < 1.29 is 4.74 Å². The highest BCUT2D eigenvalue weighted by molar-refractivity contribution is 5.80. The molecule has 132 valence electrons. The van der Waals surface area contributed by atoms with Gasteiger partial charge in [0.25, 0.3) is 0 Å². The van der Waals surface area contributed by atoms with E-state index in [1.807, 2.05) is 25.2 Å². The summed E-state index contributed by atoms with van der Waals surface area (Å²) in [5.41, 5.74) is 2.69. The highest BCUT2D eigenvalue weighted by atomic mass is 16.5. The van der Waals surface area contributed by atoms with E-state index in [4.69, 9.17) is 4.74 Å². The fourth-order valence-corrected chi connectivity index (χ4v) is 3.25. The fraction of sp³-hybridized carbons (Fsp3) is 0.381. The molecule has 2 N–H and O–H groups in total. The summed E-state index contributed by atoms with van der Waals surface area (Å²) in [6.07, 6.45) is 2.34. The predicted octanol–water partition coefficient (Wildman–Crippen LogP) is 3.65. The first-order valence-electron chi connectivity index (χ1n) is 8.84. The van der Waals surface area contributed by atoms with Crippen molar-refractivity contribution in [2.45, 2.75) is 31.2 Å². The van der Waals surface area contributed by atoms with Gasteiger partial charge >= 0.3 is 0 Å². The van der Waals surface area contributed by atoms with E-state index in [1.165, 1.54) is 24.0 Å². The van der Waals surface area contributed by atoms with Gasteiger partial charge in [-0.3, -0.25) is 4.99 Å². The average molecular weight is 337 g/mol. The van der Waals surface area contributed by atoms with Gasteiger partial charge in [-0.15, -0.1) is 0 Å². The van der Waals surface area contributed by atoms with E-state index in [0.29, 0.717) is 0 Å². The van der Waals surface area contributed by atoms with Crippen LogP contribution in [0.4, 0.5) is 0 Å². The van der Waals surface area contributed by atoms with Crippen LogP contribution in [0.25, 0.3) is 0 Å². The first-order chi connectivity index (χ1) is 12.2. The summed E-state index contributed by atoms with van der Waals surface area (Å²) >= 11 is 0. The third kappa shape index (κ3) is 3.95. The molecule has 25 heavy (non-hydrogen) atoms. The third-order valence-electron chi connectivity index (χ3n) is 5.00. The van der Waals surface area contributed by atoms with Gasteiger partial charge in [-0.2, -0.15) is 0 Å². The number of ether oxygens (including phenoxy) is 1. The molecule has 2 aromatic carbocycles. The molecule has 0 heterocycles. The number of aliphatic imine (C=N–C) groups is 1. The van der Waals surface area contributed by atoms with Gasteiger partial charge in [0.05, 0.1) is 13.2 Å². The Hall–Kier alpha value is -2.49. The normalized spacial score (nSPS) is 16.8. The molecule has 4 heteroatoms. The zero-order chi connectivity index (χ0) is 17.7. The third-order valence-corrected chi connectivity index (χ3v) is 5.00. The van der Waals surface area contributed by atoms with Gasteiger partial charge in [0.15, 0.2) is 5.96 Å². The van der Waals surface area contributed by atoms with Gasteiger partial charge in [-0.05, 0) is 31.4 Å². The zero-order valence-corrected chi connectivity index (χ0v) is 15.3. The Morgan fingerprint density at radius 3 is 2.44 bits per heavy atom. The second-order valence-corrected chi connectivity index (χ2v) is 6.68. The van der Waals surface area contributed by atoms with Crippen molar-refractivity contribution in [1.29, 1.82) is 0 Å². The highest BCUT2D eigenvalue weighted by Crippen LogP contribution is 2.50. The molecule has 2 aromatic rings. The van der Waals surface area contributed by atoms with Crippen LogP contribution in [0.3, 0.4) is 0 Å². The van der Waals surface area contributed by atoms with Crippen LogP contribution in [0.1, 0.15) is 36.9 Å². The average Bonchev–Trinajstić information content (AvgIpc) is 3.46. The zero-order valence-electron chi connectivity index (χ0n) is 15.3. The first kappa shape index (κ1) is 17.3. The molecule has 0 bridgehead atoms. The van der Waals surface area contributed by atoms with Gasteiger partial charge < -0.3 is 15.4 Å². The Kier molecular flexibility index (Phi) is 5.27. The highest BCUT2D eigenvalue weighted by Gasteiger charge is 2.46. The van der Waals surface area contributed by atoms with E-state index in [-0.39, 0.29) is 11.5 Å². The summed E-state index contributed by atoms with van der Waals surface area (Å²) < 4.78 is 5.55. The Balaban J connectivity index is 1.63. The standard InChI is InChI=1S/C21H27N3O/c1-16(17-9-5-4-6-10-17)24-20(22-2)23-15-21(13-14-21)18-11-7-8-12-19(18)25-3/h4-12,16H,13-15H2,1-3H3,(H2,22,23,24). The van der Waals surface area contributed by atoms with Crippen molar-refractivity contribution in [3.63, 3.8) is 0 Å². The maximum atomic E-state index is 5.55. The number of rotatable bonds is 6. The van der Waals surface area contributed by atoms with Gasteiger partial charge in [0, 0.05) is 24.6 Å². The first-order valence-corrected chi connectivity index (χ1v) is 8.84. The summed E-state index contributed by atoms with van der Waals surface area (Å²) in [7, 11) is 3.56. The molecule has 0 amide bonds. The number of hydrogen-bond donors (Lipinski definition) is 2. The van der Waals surface area contributed by atoms with Crippen LogP contribution in [-0.4, -0.2) is 26.7 Å². The number of benzene rings is 2. The lowest BCUT2D eigenvalue weighted by atomic mass is 9.95. The maximum Gasteiger partial charge on any atom is 0.191 e. The number of hydrogen-bond acceptors (Lipinski definition) is 2.